The van der Waals surface area contributed by atoms with Crippen LogP contribution < -0.4 is 9.80 Å². The van der Waals surface area contributed by atoms with Crippen LogP contribution in [-0.2, 0) is 13.0 Å². The van der Waals surface area contributed by atoms with Crippen molar-refractivity contribution in [2.24, 2.45) is 0 Å². The van der Waals surface area contributed by atoms with E-state index in [0.29, 0.717) is 6.04 Å². The van der Waals surface area contributed by atoms with Crippen LogP contribution in [0.25, 0.3) is 22.3 Å². The number of benzene rings is 2. The first-order valence-electron chi connectivity index (χ1n) is 13.4. The monoisotopic (exact) mass is 514 g/mol. The van der Waals surface area contributed by atoms with Crippen molar-refractivity contribution in [3.05, 3.63) is 70.0 Å². The fourth-order valence-electron chi connectivity index (χ4n) is 6.11. The van der Waals surface area contributed by atoms with Crippen molar-refractivity contribution >= 4 is 34.0 Å². The van der Waals surface area contributed by atoms with Gasteiger partial charge in [-0.3, -0.25) is 4.90 Å². The summed E-state index contributed by atoms with van der Waals surface area (Å²) >= 11 is 6.41. The minimum Gasteiger partial charge on any atom is -0.366 e. The van der Waals surface area contributed by atoms with Crippen molar-refractivity contribution in [3.63, 3.8) is 0 Å². The van der Waals surface area contributed by atoms with Crippen molar-refractivity contribution in [2.75, 3.05) is 42.5 Å². The molecule has 37 heavy (non-hydrogen) atoms. The van der Waals surface area contributed by atoms with Gasteiger partial charge in [-0.05, 0) is 56.6 Å². The van der Waals surface area contributed by atoms with Gasteiger partial charge in [-0.2, -0.15) is 0 Å². The number of likely N-dealkylation sites (N-methyl/N-ethyl adjacent to an activating group) is 1. The SMILES string of the molecule is CCN1CCN(c2nc(-c3cccc4[nH]cc(C)c34)nc3c2CN(c2cc(Cl)ccc2C)CC3)C[C@H]1C. The van der Waals surface area contributed by atoms with Crippen LogP contribution in [0.15, 0.2) is 42.6 Å². The predicted molar refractivity (Wildman–Crippen MR) is 154 cm³/mol. The fraction of sp³-hybridized carbons (Fsp3) is 0.400. The summed E-state index contributed by atoms with van der Waals surface area (Å²) in [5.41, 5.74) is 8.33. The lowest BCUT2D eigenvalue weighted by atomic mass is 10.0. The Morgan fingerprint density at radius 3 is 2.70 bits per heavy atom. The van der Waals surface area contributed by atoms with E-state index in [9.17, 15) is 0 Å². The number of aromatic amines is 1. The molecule has 0 radical (unpaired) electrons. The minimum atomic E-state index is 0.484. The number of hydrogen-bond donors (Lipinski definition) is 1. The molecule has 6 nitrogen and oxygen atoms in total. The number of H-pyrrole nitrogens is 1. The lowest BCUT2D eigenvalue weighted by Crippen LogP contribution is -2.52. The van der Waals surface area contributed by atoms with Crippen LogP contribution >= 0.6 is 11.6 Å². The van der Waals surface area contributed by atoms with E-state index in [1.165, 1.54) is 33.5 Å². The van der Waals surface area contributed by atoms with E-state index in [-0.39, 0.29) is 0 Å². The molecule has 7 heteroatoms. The molecule has 0 amide bonds. The zero-order chi connectivity index (χ0) is 25.7. The molecule has 2 aromatic heterocycles. The first kappa shape index (κ1) is 24.3. The molecule has 0 spiro atoms. The highest BCUT2D eigenvalue weighted by Crippen LogP contribution is 2.36. The number of nitrogens with zero attached hydrogens (tertiary/aromatic N) is 5. The zero-order valence-electron chi connectivity index (χ0n) is 22.2. The third kappa shape index (κ3) is 4.36. The van der Waals surface area contributed by atoms with Crippen LogP contribution in [0.1, 0.15) is 36.2 Å². The summed E-state index contributed by atoms with van der Waals surface area (Å²) in [5.74, 6) is 1.93. The van der Waals surface area contributed by atoms with Crippen LogP contribution in [0.4, 0.5) is 11.5 Å². The Kier molecular flexibility index (Phi) is 6.33. The highest BCUT2D eigenvalue weighted by atomic mass is 35.5. The molecule has 0 saturated carbocycles. The van der Waals surface area contributed by atoms with E-state index >= 15 is 0 Å². The lowest BCUT2D eigenvalue weighted by Gasteiger charge is -2.42. The second-order valence-electron chi connectivity index (χ2n) is 10.5. The van der Waals surface area contributed by atoms with Crippen LogP contribution in [0, 0.1) is 13.8 Å². The molecule has 0 unspecified atom stereocenters. The summed E-state index contributed by atoms with van der Waals surface area (Å²) < 4.78 is 0. The van der Waals surface area contributed by atoms with Crippen molar-refractivity contribution in [2.45, 2.75) is 46.7 Å². The van der Waals surface area contributed by atoms with Gasteiger partial charge >= 0.3 is 0 Å². The van der Waals surface area contributed by atoms with Crippen LogP contribution in [0.3, 0.4) is 0 Å². The number of nitrogens with one attached hydrogen (secondary N) is 1. The maximum absolute atomic E-state index is 6.41. The van der Waals surface area contributed by atoms with Gasteiger partial charge in [-0.15, -0.1) is 0 Å². The van der Waals surface area contributed by atoms with E-state index in [0.717, 1.165) is 73.4 Å². The standard InChI is InChI=1S/C30H35ClN6/c1-5-35-13-14-37(17-21(35)4)30-24-18-36(27-15-22(31)10-9-19(27)2)12-11-25(24)33-29(34-30)23-7-6-8-26-28(23)20(3)16-32-26/h6-10,15-16,21,32H,5,11-14,17-18H2,1-4H3/t21-/m1/s1. The molecule has 1 fully saturated rings. The van der Waals surface area contributed by atoms with Crippen molar-refractivity contribution in [3.8, 4) is 11.4 Å². The van der Waals surface area contributed by atoms with Crippen LogP contribution in [-0.4, -0.2) is 58.6 Å². The number of anilines is 2. The molecule has 1 N–H and O–H groups in total. The van der Waals surface area contributed by atoms with Gasteiger partial charge in [0.2, 0.25) is 0 Å². The van der Waals surface area contributed by atoms with Gasteiger partial charge in [0, 0.05) is 84.1 Å². The molecule has 1 atom stereocenters. The van der Waals surface area contributed by atoms with Gasteiger partial charge in [-0.25, -0.2) is 9.97 Å². The third-order valence-electron chi connectivity index (χ3n) is 8.16. The first-order chi connectivity index (χ1) is 17.9. The number of piperazine rings is 1. The van der Waals surface area contributed by atoms with Gasteiger partial charge in [0.15, 0.2) is 5.82 Å². The van der Waals surface area contributed by atoms with E-state index < -0.39 is 0 Å². The molecular weight excluding hydrogens is 480 g/mol. The molecule has 1 saturated heterocycles. The maximum Gasteiger partial charge on any atom is 0.162 e. The molecule has 2 aromatic carbocycles. The molecule has 4 aromatic rings. The topological polar surface area (TPSA) is 51.3 Å². The predicted octanol–water partition coefficient (Wildman–Crippen LogP) is 5.99. The average molecular weight is 515 g/mol. The Balaban J connectivity index is 1.47. The summed E-state index contributed by atoms with van der Waals surface area (Å²) in [6, 6.07) is 13.0. The van der Waals surface area contributed by atoms with Crippen molar-refractivity contribution < 1.29 is 0 Å². The Bertz CT molecular complexity index is 1460. The summed E-state index contributed by atoms with van der Waals surface area (Å²) in [7, 11) is 0. The highest BCUT2D eigenvalue weighted by molar-refractivity contribution is 6.30. The van der Waals surface area contributed by atoms with Crippen molar-refractivity contribution in [1.82, 2.24) is 19.9 Å². The third-order valence-corrected chi connectivity index (χ3v) is 8.40. The number of aromatic nitrogens is 3. The number of aryl methyl sites for hydroxylation is 2. The average Bonchev–Trinajstić information content (AvgIpc) is 3.30. The molecule has 0 aliphatic carbocycles. The molecule has 192 valence electrons. The zero-order valence-corrected chi connectivity index (χ0v) is 22.9. The number of fused-ring (bicyclic) bond motifs is 2. The van der Waals surface area contributed by atoms with Crippen LogP contribution in [0.5, 0.6) is 0 Å². The first-order valence-corrected chi connectivity index (χ1v) is 13.8. The van der Waals surface area contributed by atoms with E-state index in [2.05, 4.69) is 83.9 Å². The normalized spacial score (nSPS) is 18.5. The Hall–Kier alpha value is -3.09. The minimum absolute atomic E-state index is 0.484. The van der Waals surface area contributed by atoms with Gasteiger partial charge in [-0.1, -0.05) is 36.7 Å². The smallest absolute Gasteiger partial charge is 0.162 e. The Morgan fingerprint density at radius 2 is 1.89 bits per heavy atom. The molecule has 0 bridgehead atoms. The summed E-state index contributed by atoms with van der Waals surface area (Å²) in [6.45, 7) is 14.7. The quantitative estimate of drug-likeness (QED) is 0.362. The summed E-state index contributed by atoms with van der Waals surface area (Å²) in [5, 5.41) is 1.99. The fourth-order valence-corrected chi connectivity index (χ4v) is 6.27. The molecule has 2 aliphatic rings. The van der Waals surface area contributed by atoms with Crippen molar-refractivity contribution in [1.29, 1.82) is 0 Å². The number of halogens is 1. The van der Waals surface area contributed by atoms with Gasteiger partial charge in [0.25, 0.3) is 0 Å². The van der Waals surface area contributed by atoms with E-state index in [1.807, 2.05) is 6.07 Å². The number of rotatable bonds is 4. The second kappa shape index (κ2) is 9.66. The summed E-state index contributed by atoms with van der Waals surface area (Å²) in [6.07, 6.45) is 2.96. The molecule has 2 aliphatic heterocycles. The molecular formula is C30H35ClN6. The largest absolute Gasteiger partial charge is 0.366 e. The second-order valence-corrected chi connectivity index (χ2v) is 11.0. The lowest BCUT2D eigenvalue weighted by molar-refractivity contribution is 0.199. The van der Waals surface area contributed by atoms with E-state index in [1.54, 1.807) is 0 Å². The number of hydrogen-bond acceptors (Lipinski definition) is 5. The highest BCUT2D eigenvalue weighted by Gasteiger charge is 2.30. The van der Waals surface area contributed by atoms with Gasteiger partial charge in [0.1, 0.15) is 5.82 Å². The van der Waals surface area contributed by atoms with Crippen LogP contribution in [0.2, 0.25) is 5.02 Å². The summed E-state index contributed by atoms with van der Waals surface area (Å²) in [4.78, 5) is 21.4. The Morgan fingerprint density at radius 1 is 1.03 bits per heavy atom. The van der Waals surface area contributed by atoms with E-state index in [4.69, 9.17) is 21.6 Å². The Labute approximate surface area is 224 Å². The molecule has 6 rings (SSSR count). The van der Waals surface area contributed by atoms with Gasteiger partial charge in [0.05, 0.1) is 5.69 Å². The maximum atomic E-state index is 6.41. The van der Waals surface area contributed by atoms with Gasteiger partial charge < -0.3 is 14.8 Å². The molecule has 4 heterocycles.